The molecule has 3 rings (SSSR count). The van der Waals surface area contributed by atoms with Crippen LogP contribution in [0.4, 0.5) is 0 Å². The molecule has 1 unspecified atom stereocenters. The fourth-order valence-electron chi connectivity index (χ4n) is 2.97. The average Bonchev–Trinajstić information content (AvgIpc) is 2.96. The van der Waals surface area contributed by atoms with E-state index in [1.807, 2.05) is 6.92 Å². The average molecular weight is 387 g/mol. The van der Waals surface area contributed by atoms with E-state index in [0.29, 0.717) is 26.8 Å². The first-order valence-corrected chi connectivity index (χ1v) is 9.82. The molecule has 0 bridgehead atoms. The number of pyridine rings is 1. The van der Waals surface area contributed by atoms with E-state index in [2.05, 4.69) is 15.5 Å². The summed E-state index contributed by atoms with van der Waals surface area (Å²) in [5.74, 6) is 0.641. The van der Waals surface area contributed by atoms with Crippen LogP contribution in [0, 0.1) is 5.92 Å². The third kappa shape index (κ3) is 4.16. The van der Waals surface area contributed by atoms with Gasteiger partial charge in [0.25, 0.3) is 0 Å². The highest BCUT2D eigenvalue weighted by molar-refractivity contribution is 8.00. The minimum absolute atomic E-state index is 0.0236. The van der Waals surface area contributed by atoms with Gasteiger partial charge in [0.05, 0.1) is 15.3 Å². The Morgan fingerprint density at radius 3 is 2.88 bits per heavy atom. The van der Waals surface area contributed by atoms with E-state index in [1.165, 1.54) is 43.9 Å². The van der Waals surface area contributed by atoms with Gasteiger partial charge in [-0.15, -0.1) is 10.2 Å². The number of rotatable bonds is 5. The zero-order valence-corrected chi connectivity index (χ0v) is 15.8. The van der Waals surface area contributed by atoms with Gasteiger partial charge in [0, 0.05) is 12.7 Å². The zero-order chi connectivity index (χ0) is 17.1. The molecule has 1 N–H and O–H groups in total. The van der Waals surface area contributed by atoms with Crippen molar-refractivity contribution in [2.75, 3.05) is 6.54 Å². The van der Waals surface area contributed by atoms with Crippen LogP contribution in [0.2, 0.25) is 10.0 Å². The standard InChI is InChI=1S/C16H20Cl2N4OS/c1-10(15(23)19-8-11-5-3-2-4-6-11)24-16-21-20-14-13(18)7-12(17)9-22(14)16/h7,9-11H,2-6,8H2,1H3,(H,19,23). The van der Waals surface area contributed by atoms with E-state index in [9.17, 15) is 4.79 Å². The highest BCUT2D eigenvalue weighted by atomic mass is 35.5. The van der Waals surface area contributed by atoms with Crippen LogP contribution in [0.5, 0.6) is 0 Å². The number of carbonyl (C=O) groups is 1. The van der Waals surface area contributed by atoms with E-state index in [4.69, 9.17) is 23.2 Å². The van der Waals surface area contributed by atoms with Gasteiger partial charge in [0.1, 0.15) is 0 Å². The van der Waals surface area contributed by atoms with Gasteiger partial charge in [-0.25, -0.2) is 0 Å². The molecule has 1 fully saturated rings. The van der Waals surface area contributed by atoms with Crippen molar-refractivity contribution in [3.8, 4) is 0 Å². The Kier molecular flexibility index (Phi) is 5.89. The molecule has 1 amide bonds. The van der Waals surface area contributed by atoms with Gasteiger partial charge >= 0.3 is 0 Å². The van der Waals surface area contributed by atoms with Gasteiger partial charge in [-0.1, -0.05) is 54.2 Å². The molecule has 1 atom stereocenters. The van der Waals surface area contributed by atoms with Gasteiger partial charge in [-0.05, 0) is 31.7 Å². The van der Waals surface area contributed by atoms with Crippen molar-refractivity contribution in [2.24, 2.45) is 5.92 Å². The number of hydrogen-bond acceptors (Lipinski definition) is 4. The molecule has 1 aliphatic rings. The molecule has 130 valence electrons. The number of nitrogens with zero attached hydrogens (tertiary/aromatic N) is 3. The van der Waals surface area contributed by atoms with Crippen molar-refractivity contribution in [1.82, 2.24) is 19.9 Å². The number of amides is 1. The van der Waals surface area contributed by atoms with E-state index in [0.717, 1.165) is 6.54 Å². The quantitative estimate of drug-likeness (QED) is 0.781. The van der Waals surface area contributed by atoms with E-state index in [-0.39, 0.29) is 11.2 Å². The largest absolute Gasteiger partial charge is 0.355 e. The number of halogens is 2. The summed E-state index contributed by atoms with van der Waals surface area (Å²) in [5.41, 5.74) is 0.540. The van der Waals surface area contributed by atoms with E-state index < -0.39 is 0 Å². The molecule has 0 saturated heterocycles. The molecule has 8 heteroatoms. The Bertz CT molecular complexity index is 730. The second kappa shape index (κ2) is 7.93. The summed E-state index contributed by atoms with van der Waals surface area (Å²) in [4.78, 5) is 12.3. The number of fused-ring (bicyclic) bond motifs is 1. The van der Waals surface area contributed by atoms with Crippen molar-refractivity contribution < 1.29 is 4.79 Å². The van der Waals surface area contributed by atoms with Gasteiger partial charge in [-0.2, -0.15) is 0 Å². The first-order valence-electron chi connectivity index (χ1n) is 8.18. The van der Waals surface area contributed by atoms with Gasteiger partial charge < -0.3 is 5.32 Å². The third-order valence-corrected chi connectivity index (χ3v) is 5.88. The second-order valence-corrected chi connectivity index (χ2v) is 8.34. The first kappa shape index (κ1) is 17.8. The number of hydrogen-bond donors (Lipinski definition) is 1. The molecule has 2 aromatic rings. The van der Waals surface area contributed by atoms with Gasteiger partial charge in [-0.3, -0.25) is 9.20 Å². The van der Waals surface area contributed by atoms with Crippen molar-refractivity contribution in [3.05, 3.63) is 22.3 Å². The van der Waals surface area contributed by atoms with Crippen LogP contribution < -0.4 is 5.32 Å². The molecule has 1 aliphatic carbocycles. The van der Waals surface area contributed by atoms with Crippen LogP contribution in [0.25, 0.3) is 5.65 Å². The Morgan fingerprint density at radius 1 is 1.38 bits per heavy atom. The van der Waals surface area contributed by atoms with Crippen LogP contribution in [0.15, 0.2) is 17.4 Å². The molecular formula is C16H20Cl2N4OS. The topological polar surface area (TPSA) is 59.3 Å². The van der Waals surface area contributed by atoms with Crippen LogP contribution in [0.1, 0.15) is 39.0 Å². The third-order valence-electron chi connectivity index (χ3n) is 4.34. The highest BCUT2D eigenvalue weighted by Gasteiger charge is 2.20. The summed E-state index contributed by atoms with van der Waals surface area (Å²) in [6.07, 6.45) is 8.01. The monoisotopic (exact) mass is 386 g/mol. The molecule has 1 saturated carbocycles. The molecule has 0 aliphatic heterocycles. The van der Waals surface area contributed by atoms with E-state index >= 15 is 0 Å². The summed E-state index contributed by atoms with van der Waals surface area (Å²) < 4.78 is 1.72. The zero-order valence-electron chi connectivity index (χ0n) is 13.5. The Morgan fingerprint density at radius 2 is 2.12 bits per heavy atom. The van der Waals surface area contributed by atoms with Crippen molar-refractivity contribution in [3.63, 3.8) is 0 Å². The summed E-state index contributed by atoms with van der Waals surface area (Å²) in [5, 5.41) is 12.5. The number of aromatic nitrogens is 3. The Balaban J connectivity index is 1.61. The lowest BCUT2D eigenvalue weighted by Crippen LogP contribution is -2.35. The molecule has 5 nitrogen and oxygen atoms in total. The molecule has 0 spiro atoms. The molecule has 0 radical (unpaired) electrons. The molecule has 0 aromatic carbocycles. The smallest absolute Gasteiger partial charge is 0.233 e. The van der Waals surface area contributed by atoms with Crippen LogP contribution in [0.3, 0.4) is 0 Å². The summed E-state index contributed by atoms with van der Waals surface area (Å²) in [6, 6.07) is 1.63. The lowest BCUT2D eigenvalue weighted by molar-refractivity contribution is -0.120. The number of carbonyl (C=O) groups excluding carboxylic acids is 1. The fraction of sp³-hybridized carbons (Fsp3) is 0.562. The maximum Gasteiger partial charge on any atom is 0.233 e. The second-order valence-electron chi connectivity index (χ2n) is 6.19. The lowest BCUT2D eigenvalue weighted by atomic mass is 9.89. The number of nitrogens with one attached hydrogen (secondary N) is 1. The lowest BCUT2D eigenvalue weighted by Gasteiger charge is -2.22. The normalized spacial score (nSPS) is 17.1. The molecular weight excluding hydrogens is 367 g/mol. The van der Waals surface area contributed by atoms with E-state index in [1.54, 1.807) is 16.7 Å². The van der Waals surface area contributed by atoms with Crippen molar-refractivity contribution in [2.45, 2.75) is 49.4 Å². The molecule has 2 aromatic heterocycles. The van der Waals surface area contributed by atoms with Gasteiger partial charge in [0.2, 0.25) is 5.91 Å². The van der Waals surface area contributed by atoms with Gasteiger partial charge in [0.15, 0.2) is 10.8 Å². The van der Waals surface area contributed by atoms with Crippen molar-refractivity contribution in [1.29, 1.82) is 0 Å². The minimum atomic E-state index is -0.265. The predicted molar refractivity (Wildman–Crippen MR) is 97.9 cm³/mol. The van der Waals surface area contributed by atoms with Crippen LogP contribution in [-0.2, 0) is 4.79 Å². The number of thioether (sulfide) groups is 1. The summed E-state index contributed by atoms with van der Waals surface area (Å²) in [6.45, 7) is 2.63. The highest BCUT2D eigenvalue weighted by Crippen LogP contribution is 2.28. The summed E-state index contributed by atoms with van der Waals surface area (Å²) >= 11 is 13.5. The maximum absolute atomic E-state index is 12.3. The molecule has 2 heterocycles. The SMILES string of the molecule is CC(Sc1nnc2c(Cl)cc(Cl)cn12)C(=O)NCC1CCCCC1. The van der Waals surface area contributed by atoms with Crippen molar-refractivity contribution >= 4 is 46.5 Å². The fourth-order valence-corrected chi connectivity index (χ4v) is 4.33. The summed E-state index contributed by atoms with van der Waals surface area (Å²) in [7, 11) is 0. The first-order chi connectivity index (χ1) is 11.5. The predicted octanol–water partition coefficient (Wildman–Crippen LogP) is 4.21. The van der Waals surface area contributed by atoms with Crippen LogP contribution >= 0.6 is 35.0 Å². The minimum Gasteiger partial charge on any atom is -0.355 e. The Hall–Kier alpha value is -0.980. The molecule has 24 heavy (non-hydrogen) atoms. The maximum atomic E-state index is 12.3. The Labute approximate surface area is 155 Å². The van der Waals surface area contributed by atoms with Crippen LogP contribution in [-0.4, -0.2) is 32.3 Å².